The molecule has 106 valence electrons. The first-order chi connectivity index (χ1) is 9.13. The van der Waals surface area contributed by atoms with Gasteiger partial charge >= 0.3 is 0 Å². The Hall–Kier alpha value is -1.17. The number of benzene rings is 1. The highest BCUT2D eigenvalue weighted by Gasteiger charge is 2.35. The van der Waals surface area contributed by atoms with Crippen LogP contribution in [0.3, 0.4) is 0 Å². The first kappa shape index (κ1) is 14.2. The summed E-state index contributed by atoms with van der Waals surface area (Å²) in [6.45, 7) is 0.612. The fourth-order valence-corrected chi connectivity index (χ4v) is 2.11. The Balaban J connectivity index is 1.69. The van der Waals surface area contributed by atoms with Crippen molar-refractivity contribution in [1.82, 2.24) is 5.32 Å². The Kier molecular flexibility index (Phi) is 4.74. The lowest BCUT2D eigenvalue weighted by atomic mass is 9.77. The molecule has 1 saturated carbocycles. The van der Waals surface area contributed by atoms with Gasteiger partial charge in [-0.05, 0) is 43.5 Å². The van der Waals surface area contributed by atoms with Crippen molar-refractivity contribution in [2.24, 2.45) is 0 Å². The third-order valence-corrected chi connectivity index (χ3v) is 3.58. The average Bonchev–Trinajstić information content (AvgIpc) is 2.37. The molecule has 1 aliphatic carbocycles. The highest BCUT2D eigenvalue weighted by atomic mass is 19.1. The molecule has 19 heavy (non-hydrogen) atoms. The number of aliphatic hydroxyl groups excluding tert-OH is 2. The maximum absolute atomic E-state index is 12.7. The topological polar surface area (TPSA) is 61.7 Å². The molecule has 1 fully saturated rings. The molecule has 5 heteroatoms. The number of hydrogen-bond donors (Lipinski definition) is 3. The summed E-state index contributed by atoms with van der Waals surface area (Å²) in [6.07, 6.45) is 2.33. The minimum atomic E-state index is -0.658. The predicted molar refractivity (Wildman–Crippen MR) is 69.6 cm³/mol. The van der Waals surface area contributed by atoms with Crippen LogP contribution < -0.4 is 10.1 Å². The van der Waals surface area contributed by atoms with E-state index in [1.54, 1.807) is 0 Å². The molecule has 0 bridgehead atoms. The number of rotatable bonds is 7. The lowest BCUT2D eigenvalue weighted by molar-refractivity contribution is 0.0540. The molecular formula is C14H20FNO3. The highest BCUT2D eigenvalue weighted by molar-refractivity contribution is 5.22. The van der Waals surface area contributed by atoms with Crippen molar-refractivity contribution < 1.29 is 19.3 Å². The Labute approximate surface area is 112 Å². The minimum absolute atomic E-state index is 0.0958. The number of nitrogens with one attached hydrogen (secondary N) is 1. The van der Waals surface area contributed by atoms with Crippen LogP contribution in [0.1, 0.15) is 19.3 Å². The Morgan fingerprint density at radius 3 is 2.53 bits per heavy atom. The van der Waals surface area contributed by atoms with Gasteiger partial charge in [0, 0.05) is 12.1 Å². The maximum Gasteiger partial charge on any atom is 0.123 e. The normalized spacial score (nSPS) is 18.7. The van der Waals surface area contributed by atoms with Gasteiger partial charge in [0.2, 0.25) is 0 Å². The van der Waals surface area contributed by atoms with Crippen molar-refractivity contribution in [3.8, 4) is 5.75 Å². The van der Waals surface area contributed by atoms with Crippen molar-refractivity contribution in [2.45, 2.75) is 30.9 Å². The zero-order valence-corrected chi connectivity index (χ0v) is 10.8. The molecule has 4 nitrogen and oxygen atoms in total. The van der Waals surface area contributed by atoms with Gasteiger partial charge in [-0.2, -0.15) is 0 Å². The summed E-state index contributed by atoms with van der Waals surface area (Å²) in [5.74, 6) is 0.213. The molecule has 0 heterocycles. The van der Waals surface area contributed by atoms with Crippen LogP contribution in [0.4, 0.5) is 4.39 Å². The van der Waals surface area contributed by atoms with E-state index in [1.165, 1.54) is 24.3 Å². The van der Waals surface area contributed by atoms with Gasteiger partial charge in [-0.15, -0.1) is 0 Å². The predicted octanol–water partition coefficient (Wildman–Crippen LogP) is 1.07. The summed E-state index contributed by atoms with van der Waals surface area (Å²) in [5.41, 5.74) is -0.211. The molecule has 1 aromatic rings. The van der Waals surface area contributed by atoms with E-state index in [4.69, 9.17) is 4.74 Å². The Morgan fingerprint density at radius 2 is 2.00 bits per heavy atom. The van der Waals surface area contributed by atoms with Crippen molar-refractivity contribution >= 4 is 0 Å². The zero-order chi connectivity index (χ0) is 13.7. The smallest absolute Gasteiger partial charge is 0.123 e. The van der Waals surface area contributed by atoms with Gasteiger partial charge in [-0.3, -0.25) is 0 Å². The molecule has 0 saturated heterocycles. The second kappa shape index (κ2) is 6.32. The van der Waals surface area contributed by atoms with Crippen LogP contribution in [0.2, 0.25) is 0 Å². The van der Waals surface area contributed by atoms with E-state index < -0.39 is 6.10 Å². The fraction of sp³-hybridized carbons (Fsp3) is 0.571. The third-order valence-electron chi connectivity index (χ3n) is 3.58. The van der Waals surface area contributed by atoms with Gasteiger partial charge in [0.15, 0.2) is 0 Å². The number of β-amino-alcohol motifs (C(OH)–C–C–N with tert-alkyl or cyclic N) is 1. The van der Waals surface area contributed by atoms with Gasteiger partial charge in [0.25, 0.3) is 0 Å². The molecule has 1 unspecified atom stereocenters. The van der Waals surface area contributed by atoms with Crippen LogP contribution in [-0.4, -0.2) is 41.6 Å². The molecule has 0 radical (unpaired) electrons. The Morgan fingerprint density at radius 1 is 1.32 bits per heavy atom. The molecule has 0 amide bonds. The van der Waals surface area contributed by atoms with Gasteiger partial charge < -0.3 is 20.3 Å². The summed E-state index contributed by atoms with van der Waals surface area (Å²) in [4.78, 5) is 0. The van der Waals surface area contributed by atoms with Gasteiger partial charge in [-0.1, -0.05) is 0 Å². The van der Waals surface area contributed by atoms with E-state index in [9.17, 15) is 14.6 Å². The third kappa shape index (κ3) is 3.89. The minimum Gasteiger partial charge on any atom is -0.491 e. The summed E-state index contributed by atoms with van der Waals surface area (Å²) in [7, 11) is 0. The van der Waals surface area contributed by atoms with Crippen LogP contribution in [0, 0.1) is 5.82 Å². The highest BCUT2D eigenvalue weighted by Crippen LogP contribution is 2.30. The summed E-state index contributed by atoms with van der Waals surface area (Å²) in [6, 6.07) is 5.68. The van der Waals surface area contributed by atoms with E-state index in [1.807, 2.05) is 0 Å². The second-order valence-electron chi connectivity index (χ2n) is 5.09. The zero-order valence-electron chi connectivity index (χ0n) is 10.8. The summed E-state index contributed by atoms with van der Waals surface area (Å²) >= 11 is 0. The largest absolute Gasteiger partial charge is 0.491 e. The first-order valence-electron chi connectivity index (χ1n) is 6.56. The molecule has 0 aromatic heterocycles. The molecule has 1 aromatic carbocycles. The number of halogens is 1. The fourth-order valence-electron chi connectivity index (χ4n) is 2.11. The van der Waals surface area contributed by atoms with E-state index in [0.717, 1.165) is 19.3 Å². The molecule has 0 spiro atoms. The van der Waals surface area contributed by atoms with Crippen LogP contribution in [-0.2, 0) is 0 Å². The maximum atomic E-state index is 12.7. The van der Waals surface area contributed by atoms with Gasteiger partial charge in [0.1, 0.15) is 24.3 Å². The van der Waals surface area contributed by atoms with Crippen molar-refractivity contribution in [3.05, 3.63) is 30.1 Å². The molecule has 2 rings (SSSR count). The van der Waals surface area contributed by atoms with E-state index >= 15 is 0 Å². The van der Waals surface area contributed by atoms with Crippen molar-refractivity contribution in [1.29, 1.82) is 0 Å². The molecule has 1 aliphatic rings. The van der Waals surface area contributed by atoms with Crippen LogP contribution in [0.5, 0.6) is 5.75 Å². The summed E-state index contributed by atoms with van der Waals surface area (Å²) in [5, 5.41) is 22.3. The van der Waals surface area contributed by atoms with Crippen LogP contribution in [0.15, 0.2) is 24.3 Å². The van der Waals surface area contributed by atoms with E-state index in [-0.39, 0.29) is 24.6 Å². The molecule has 0 aliphatic heterocycles. The molecule has 1 atom stereocenters. The second-order valence-corrected chi connectivity index (χ2v) is 5.09. The number of aliphatic hydroxyl groups is 2. The van der Waals surface area contributed by atoms with Gasteiger partial charge in [0.05, 0.1) is 6.61 Å². The lowest BCUT2D eigenvalue weighted by Gasteiger charge is -2.41. The lowest BCUT2D eigenvalue weighted by Crippen LogP contribution is -2.56. The summed E-state index contributed by atoms with van der Waals surface area (Å²) < 4.78 is 18.0. The number of hydrogen-bond acceptors (Lipinski definition) is 4. The molecule has 3 N–H and O–H groups in total. The van der Waals surface area contributed by atoms with Gasteiger partial charge in [-0.25, -0.2) is 4.39 Å². The van der Waals surface area contributed by atoms with Crippen molar-refractivity contribution in [2.75, 3.05) is 19.8 Å². The van der Waals surface area contributed by atoms with Crippen molar-refractivity contribution in [3.63, 3.8) is 0 Å². The van der Waals surface area contributed by atoms with Crippen LogP contribution >= 0.6 is 0 Å². The van der Waals surface area contributed by atoms with Crippen LogP contribution in [0.25, 0.3) is 0 Å². The number of ether oxygens (including phenoxy) is 1. The average molecular weight is 269 g/mol. The van der Waals surface area contributed by atoms with E-state index in [2.05, 4.69) is 5.32 Å². The quantitative estimate of drug-likeness (QED) is 0.693. The monoisotopic (exact) mass is 269 g/mol. The SMILES string of the molecule is OCC1(NCC(O)COc2ccc(F)cc2)CCC1. The first-order valence-corrected chi connectivity index (χ1v) is 6.56. The van der Waals surface area contributed by atoms with E-state index in [0.29, 0.717) is 12.3 Å². The standard InChI is InChI=1S/C14H20FNO3/c15-11-2-4-13(5-3-11)19-9-12(18)8-16-14(10-17)6-1-7-14/h2-5,12,16-18H,1,6-10H2. The Bertz CT molecular complexity index is 387. The molecular weight excluding hydrogens is 249 g/mol.